The topological polar surface area (TPSA) is 57.8 Å². The average Bonchev–Trinajstić information content (AvgIpc) is 3.48. The van der Waals surface area contributed by atoms with Crippen molar-refractivity contribution >= 4 is 39.7 Å². The van der Waals surface area contributed by atoms with Crippen LogP contribution in [0.25, 0.3) is 16.5 Å². The monoisotopic (exact) mass is 615 g/mol. The van der Waals surface area contributed by atoms with Crippen molar-refractivity contribution in [2.45, 2.75) is 40.0 Å². The van der Waals surface area contributed by atoms with Gasteiger partial charge >= 0.3 is 5.97 Å². The molecule has 1 aromatic heterocycles. The zero-order valence-corrected chi connectivity index (χ0v) is 26.3. The van der Waals surface area contributed by atoms with Crippen LogP contribution in [0.15, 0.2) is 72.4 Å². The number of fused-ring (bicyclic) bond motifs is 1. The predicted octanol–water partition coefficient (Wildman–Crippen LogP) is 8.72. The second-order valence-corrected chi connectivity index (χ2v) is 13.0. The molecule has 1 saturated heterocycles. The number of rotatable bonds is 8. The minimum atomic E-state index is -0.471. The fourth-order valence-electron chi connectivity index (χ4n) is 6.37. The summed E-state index contributed by atoms with van der Waals surface area (Å²) in [5.74, 6) is -0.204. The Hall–Kier alpha value is -3.81. The van der Waals surface area contributed by atoms with Gasteiger partial charge in [0.05, 0.1) is 12.1 Å². The lowest BCUT2D eigenvalue weighted by Crippen LogP contribution is -2.47. The number of hydrogen-bond acceptors (Lipinski definition) is 5. The Labute approximate surface area is 263 Å². The van der Waals surface area contributed by atoms with E-state index in [1.165, 1.54) is 35.3 Å². The van der Waals surface area contributed by atoms with Gasteiger partial charge in [-0.15, -0.1) is 0 Å². The van der Waals surface area contributed by atoms with Crippen molar-refractivity contribution in [1.82, 2.24) is 9.88 Å². The maximum absolute atomic E-state index is 14.4. The molecule has 1 aliphatic carbocycles. The largest absolute Gasteiger partial charge is 0.462 e. The number of nitrogens with zero attached hydrogens (tertiary/aromatic N) is 2. The Kier molecular flexibility index (Phi) is 8.70. The van der Waals surface area contributed by atoms with E-state index < -0.39 is 11.8 Å². The number of anilines is 1. The predicted molar refractivity (Wildman–Crippen MR) is 175 cm³/mol. The molecule has 0 bridgehead atoms. The standard InChI is InChI=1S/C36H39ClFN3O3/c1-4-43-35(42)30-10-9-28(21-34(30)44-33-20-27(38)19-32-29(33)12-14-39-32)41-17-15-40(16-18-41)23-25-11-13-36(2,3)22-31(25)24-5-7-26(37)8-6-24/h5-10,12,14,19-21,39H,4,11,13,15-18,22-23H2,1-3H3. The fraction of sp³-hybridized carbons (Fsp3) is 0.361. The third kappa shape index (κ3) is 6.64. The maximum atomic E-state index is 14.4. The molecule has 0 saturated carbocycles. The molecule has 2 aliphatic rings. The van der Waals surface area contributed by atoms with E-state index in [1.54, 1.807) is 19.2 Å². The third-order valence-electron chi connectivity index (χ3n) is 8.81. The first-order chi connectivity index (χ1) is 21.2. The van der Waals surface area contributed by atoms with Crippen LogP contribution in [0.1, 0.15) is 56.0 Å². The number of ether oxygens (including phenoxy) is 2. The number of piperazine rings is 1. The van der Waals surface area contributed by atoms with Gasteiger partial charge in [0.25, 0.3) is 0 Å². The van der Waals surface area contributed by atoms with Crippen LogP contribution in [0.5, 0.6) is 11.5 Å². The second-order valence-electron chi connectivity index (χ2n) is 12.5. The van der Waals surface area contributed by atoms with Crippen LogP contribution in [0.4, 0.5) is 10.1 Å². The molecule has 1 aliphatic heterocycles. The SMILES string of the molecule is CCOC(=O)c1ccc(N2CCN(CC3=C(c4ccc(Cl)cc4)CC(C)(C)CC3)CC2)cc1Oc1cc(F)cc2[nH]ccc12. The van der Waals surface area contributed by atoms with Crippen LogP contribution < -0.4 is 9.64 Å². The van der Waals surface area contributed by atoms with E-state index in [4.69, 9.17) is 21.1 Å². The lowest BCUT2D eigenvalue weighted by molar-refractivity contribution is 0.0523. The first-order valence-electron chi connectivity index (χ1n) is 15.4. The van der Waals surface area contributed by atoms with Gasteiger partial charge in [-0.1, -0.05) is 43.2 Å². The molecule has 44 heavy (non-hydrogen) atoms. The number of halogens is 2. The van der Waals surface area contributed by atoms with E-state index in [2.05, 4.69) is 40.8 Å². The Morgan fingerprint density at radius 2 is 1.77 bits per heavy atom. The van der Waals surface area contributed by atoms with E-state index in [0.717, 1.165) is 61.7 Å². The van der Waals surface area contributed by atoms with Gasteiger partial charge in [0.1, 0.15) is 22.9 Å². The molecule has 6 nitrogen and oxygen atoms in total. The summed E-state index contributed by atoms with van der Waals surface area (Å²) in [7, 11) is 0. The molecule has 3 aromatic carbocycles. The van der Waals surface area contributed by atoms with E-state index in [-0.39, 0.29) is 12.0 Å². The van der Waals surface area contributed by atoms with Gasteiger partial charge in [0.15, 0.2) is 0 Å². The van der Waals surface area contributed by atoms with Crippen LogP contribution in [0, 0.1) is 11.2 Å². The average molecular weight is 616 g/mol. The number of hydrogen-bond donors (Lipinski definition) is 1. The molecule has 0 atom stereocenters. The van der Waals surface area contributed by atoms with E-state index >= 15 is 0 Å². The molecule has 2 heterocycles. The Morgan fingerprint density at radius 3 is 2.52 bits per heavy atom. The van der Waals surface area contributed by atoms with Gasteiger partial charge in [-0.3, -0.25) is 4.90 Å². The highest BCUT2D eigenvalue weighted by atomic mass is 35.5. The van der Waals surface area contributed by atoms with Crippen molar-refractivity contribution < 1.29 is 18.7 Å². The number of allylic oxidation sites excluding steroid dienone is 1. The summed E-state index contributed by atoms with van der Waals surface area (Å²) in [6.45, 7) is 11.2. The van der Waals surface area contributed by atoms with Gasteiger partial charge < -0.3 is 19.4 Å². The molecular weight excluding hydrogens is 577 g/mol. The van der Waals surface area contributed by atoms with Crippen LogP contribution >= 0.6 is 11.6 Å². The molecule has 6 rings (SSSR count). The zero-order valence-electron chi connectivity index (χ0n) is 25.6. The molecule has 230 valence electrons. The number of H-pyrrole nitrogens is 1. The molecule has 0 amide bonds. The van der Waals surface area contributed by atoms with E-state index in [0.29, 0.717) is 22.6 Å². The Bertz CT molecular complexity index is 1690. The smallest absolute Gasteiger partial charge is 0.341 e. The van der Waals surface area contributed by atoms with Gasteiger partial charge in [0, 0.05) is 67.1 Å². The summed E-state index contributed by atoms with van der Waals surface area (Å²) in [6.07, 6.45) is 5.10. The number of carbonyl (C=O) groups is 1. The quantitative estimate of drug-likeness (QED) is 0.201. The molecule has 8 heteroatoms. The minimum absolute atomic E-state index is 0.248. The van der Waals surface area contributed by atoms with Gasteiger partial charge in [-0.05, 0) is 79.1 Å². The molecule has 0 radical (unpaired) electrons. The van der Waals surface area contributed by atoms with Crippen LogP contribution in [-0.2, 0) is 4.74 Å². The minimum Gasteiger partial charge on any atom is -0.462 e. The van der Waals surface area contributed by atoms with Crippen LogP contribution in [0.3, 0.4) is 0 Å². The van der Waals surface area contributed by atoms with E-state index in [9.17, 15) is 9.18 Å². The number of nitrogens with one attached hydrogen (secondary N) is 1. The fourth-order valence-corrected chi connectivity index (χ4v) is 6.50. The maximum Gasteiger partial charge on any atom is 0.341 e. The van der Waals surface area contributed by atoms with Gasteiger partial charge in [-0.2, -0.15) is 0 Å². The normalized spacial score (nSPS) is 17.2. The lowest BCUT2D eigenvalue weighted by atomic mass is 9.72. The van der Waals surface area contributed by atoms with Gasteiger partial charge in [0.2, 0.25) is 0 Å². The Morgan fingerprint density at radius 1 is 1.00 bits per heavy atom. The molecule has 1 fully saturated rings. The zero-order chi connectivity index (χ0) is 30.8. The molecule has 0 unspecified atom stereocenters. The van der Waals surface area contributed by atoms with Crippen LogP contribution in [0.2, 0.25) is 5.02 Å². The summed E-state index contributed by atoms with van der Waals surface area (Å²) < 4.78 is 25.9. The van der Waals surface area contributed by atoms with Crippen molar-refractivity contribution in [3.8, 4) is 11.5 Å². The first kappa shape index (κ1) is 30.2. The summed E-state index contributed by atoms with van der Waals surface area (Å²) in [5, 5.41) is 1.50. The highest BCUT2D eigenvalue weighted by Gasteiger charge is 2.29. The molecule has 1 N–H and O–H groups in total. The number of benzene rings is 3. The third-order valence-corrected chi connectivity index (χ3v) is 9.06. The van der Waals surface area contributed by atoms with Crippen molar-refractivity contribution in [3.63, 3.8) is 0 Å². The Balaban J connectivity index is 1.20. The van der Waals surface area contributed by atoms with Gasteiger partial charge in [-0.25, -0.2) is 9.18 Å². The lowest BCUT2D eigenvalue weighted by Gasteiger charge is -2.39. The number of aromatic amines is 1. The highest BCUT2D eigenvalue weighted by molar-refractivity contribution is 6.30. The van der Waals surface area contributed by atoms with Crippen molar-refractivity contribution in [1.29, 1.82) is 0 Å². The van der Waals surface area contributed by atoms with Crippen molar-refractivity contribution in [3.05, 3.63) is 94.4 Å². The van der Waals surface area contributed by atoms with Crippen molar-refractivity contribution in [2.24, 2.45) is 5.41 Å². The molecule has 4 aromatic rings. The summed E-state index contributed by atoms with van der Waals surface area (Å²) >= 11 is 6.20. The van der Waals surface area contributed by atoms with Crippen LogP contribution in [-0.4, -0.2) is 55.2 Å². The summed E-state index contributed by atoms with van der Waals surface area (Å²) in [6, 6.07) is 18.4. The number of aromatic nitrogens is 1. The number of esters is 1. The van der Waals surface area contributed by atoms with E-state index in [1.807, 2.05) is 30.3 Å². The highest BCUT2D eigenvalue weighted by Crippen LogP contribution is 2.43. The first-order valence-corrected chi connectivity index (χ1v) is 15.8. The molecular formula is C36H39ClFN3O3. The number of carbonyl (C=O) groups excluding carboxylic acids is 1. The van der Waals surface area contributed by atoms with Crippen molar-refractivity contribution in [2.75, 3.05) is 44.2 Å². The second kappa shape index (κ2) is 12.7. The summed E-state index contributed by atoms with van der Waals surface area (Å²) in [5.41, 5.74) is 6.44. The molecule has 0 spiro atoms. The summed E-state index contributed by atoms with van der Waals surface area (Å²) in [4.78, 5) is 20.7.